The van der Waals surface area contributed by atoms with Gasteiger partial charge in [-0.2, -0.15) is 18.3 Å². The number of likely N-dealkylation sites (tertiary alicyclic amines) is 1. The first kappa shape index (κ1) is 13.7. The van der Waals surface area contributed by atoms with Gasteiger partial charge >= 0.3 is 6.18 Å². The number of nitrogens with zero attached hydrogens (tertiary/aromatic N) is 3. The van der Waals surface area contributed by atoms with Gasteiger partial charge in [0.1, 0.15) is 0 Å². The Balaban J connectivity index is 1.83. The van der Waals surface area contributed by atoms with Gasteiger partial charge in [-0.15, -0.1) is 0 Å². The number of hydrogen-bond donors (Lipinski definition) is 0. The molecular formula is C14H12F3N3O. The number of hydrogen-bond acceptors (Lipinski definition) is 2. The minimum atomic E-state index is -4.37. The maximum atomic E-state index is 12.7. The van der Waals surface area contributed by atoms with Crippen LogP contribution in [0.4, 0.5) is 13.2 Å². The number of amides is 1. The average molecular weight is 295 g/mol. The van der Waals surface area contributed by atoms with E-state index in [0.29, 0.717) is 24.3 Å². The number of carbonyl (C=O) groups is 1. The molecule has 0 spiro atoms. The number of fused-ring (bicyclic) bond motifs is 1. The van der Waals surface area contributed by atoms with E-state index in [1.165, 1.54) is 16.8 Å². The van der Waals surface area contributed by atoms with Crippen LogP contribution in [0.3, 0.4) is 0 Å². The molecule has 2 aromatic rings. The third-order valence-electron chi connectivity index (χ3n) is 3.60. The Morgan fingerprint density at radius 3 is 2.71 bits per heavy atom. The van der Waals surface area contributed by atoms with Crippen molar-refractivity contribution in [1.29, 1.82) is 0 Å². The van der Waals surface area contributed by atoms with E-state index in [2.05, 4.69) is 11.7 Å². The highest BCUT2D eigenvalue weighted by Crippen LogP contribution is 2.31. The number of carbonyl (C=O) groups excluding carboxylic acids is 1. The molecule has 0 unspecified atom stereocenters. The fraction of sp³-hybridized carbons (Fsp3) is 0.286. The van der Waals surface area contributed by atoms with Crippen LogP contribution in [0.2, 0.25) is 0 Å². The minimum Gasteiger partial charge on any atom is -0.338 e. The molecule has 4 nitrogen and oxygen atoms in total. The van der Waals surface area contributed by atoms with Crippen molar-refractivity contribution in [2.75, 3.05) is 13.1 Å². The molecule has 0 aliphatic carbocycles. The molecule has 1 fully saturated rings. The van der Waals surface area contributed by atoms with Crippen LogP contribution in [0.1, 0.15) is 17.2 Å². The van der Waals surface area contributed by atoms with Gasteiger partial charge in [-0.3, -0.25) is 4.79 Å². The molecule has 3 rings (SSSR count). The summed E-state index contributed by atoms with van der Waals surface area (Å²) >= 11 is 0. The van der Waals surface area contributed by atoms with Gasteiger partial charge in [-0.25, -0.2) is 4.52 Å². The summed E-state index contributed by atoms with van der Waals surface area (Å²) in [5.41, 5.74) is 0.397. The first-order valence-corrected chi connectivity index (χ1v) is 6.36. The normalized spacial score (nSPS) is 16.0. The van der Waals surface area contributed by atoms with Crippen LogP contribution in [0.25, 0.3) is 5.52 Å². The van der Waals surface area contributed by atoms with Crippen LogP contribution >= 0.6 is 0 Å². The topological polar surface area (TPSA) is 37.6 Å². The van der Waals surface area contributed by atoms with E-state index >= 15 is 0 Å². The third kappa shape index (κ3) is 2.39. The van der Waals surface area contributed by atoms with E-state index < -0.39 is 11.7 Å². The highest BCUT2D eigenvalue weighted by Gasteiger charge is 2.33. The van der Waals surface area contributed by atoms with Crippen molar-refractivity contribution in [2.45, 2.75) is 12.1 Å². The van der Waals surface area contributed by atoms with Gasteiger partial charge in [0.15, 0.2) is 0 Å². The van der Waals surface area contributed by atoms with Crippen molar-refractivity contribution in [3.63, 3.8) is 0 Å². The van der Waals surface area contributed by atoms with Crippen molar-refractivity contribution in [2.24, 2.45) is 0 Å². The molecule has 0 saturated carbocycles. The van der Waals surface area contributed by atoms with Gasteiger partial charge in [-0.05, 0) is 24.3 Å². The second-order valence-corrected chi connectivity index (χ2v) is 5.00. The van der Waals surface area contributed by atoms with E-state index in [0.717, 1.165) is 12.1 Å². The van der Waals surface area contributed by atoms with Crippen molar-refractivity contribution in [1.82, 2.24) is 14.5 Å². The molecular weight excluding hydrogens is 283 g/mol. The standard InChI is InChI=1S/C14H12F3N3O/c1-2-13(21)19-7-9(8-19)12-6-11-5-10(14(15,16)17)3-4-20(11)18-12/h2-6,9H,1,7-8H2. The maximum absolute atomic E-state index is 12.7. The molecule has 0 N–H and O–H groups in total. The maximum Gasteiger partial charge on any atom is 0.416 e. The van der Waals surface area contributed by atoms with Crippen LogP contribution in [0, 0.1) is 0 Å². The molecule has 1 aliphatic rings. The number of rotatable bonds is 2. The summed E-state index contributed by atoms with van der Waals surface area (Å²) < 4.78 is 39.4. The summed E-state index contributed by atoms with van der Waals surface area (Å²) in [6, 6.07) is 3.70. The van der Waals surface area contributed by atoms with Gasteiger partial charge < -0.3 is 4.90 Å². The Labute approximate surface area is 118 Å². The van der Waals surface area contributed by atoms with Crippen LogP contribution in [0.15, 0.2) is 37.1 Å². The van der Waals surface area contributed by atoms with Crippen LogP contribution < -0.4 is 0 Å². The first-order valence-electron chi connectivity index (χ1n) is 6.36. The van der Waals surface area contributed by atoms with Gasteiger partial charge in [0.05, 0.1) is 16.8 Å². The molecule has 110 valence electrons. The number of alkyl halides is 3. The lowest BCUT2D eigenvalue weighted by Crippen LogP contribution is -2.47. The fourth-order valence-electron chi connectivity index (χ4n) is 2.36. The minimum absolute atomic E-state index is 0.0585. The van der Waals surface area contributed by atoms with E-state index in [4.69, 9.17) is 0 Å². The second-order valence-electron chi connectivity index (χ2n) is 5.00. The summed E-state index contributed by atoms with van der Waals surface area (Å²) in [5.74, 6) is -0.0856. The van der Waals surface area contributed by atoms with Crippen molar-refractivity contribution in [3.05, 3.63) is 48.3 Å². The quantitative estimate of drug-likeness (QED) is 0.798. The van der Waals surface area contributed by atoms with Crippen molar-refractivity contribution >= 4 is 11.4 Å². The molecule has 7 heteroatoms. The zero-order valence-corrected chi connectivity index (χ0v) is 11.0. The predicted octanol–water partition coefficient (Wildman–Crippen LogP) is 2.46. The molecule has 0 aromatic carbocycles. The van der Waals surface area contributed by atoms with Crippen molar-refractivity contribution < 1.29 is 18.0 Å². The Morgan fingerprint density at radius 1 is 1.38 bits per heavy atom. The number of halogens is 3. The van der Waals surface area contributed by atoms with Crippen LogP contribution in [-0.2, 0) is 11.0 Å². The second kappa shape index (κ2) is 4.61. The monoisotopic (exact) mass is 295 g/mol. The fourth-order valence-corrected chi connectivity index (χ4v) is 2.36. The average Bonchev–Trinajstić information content (AvgIpc) is 2.77. The molecule has 0 radical (unpaired) electrons. The Hall–Kier alpha value is -2.31. The lowest BCUT2D eigenvalue weighted by Gasteiger charge is -2.37. The molecule has 0 bridgehead atoms. The largest absolute Gasteiger partial charge is 0.416 e. The van der Waals surface area contributed by atoms with Gasteiger partial charge in [0, 0.05) is 25.2 Å². The lowest BCUT2D eigenvalue weighted by atomic mass is 9.96. The van der Waals surface area contributed by atoms with E-state index in [1.54, 1.807) is 11.0 Å². The molecule has 1 aliphatic heterocycles. The Morgan fingerprint density at radius 2 is 2.10 bits per heavy atom. The van der Waals surface area contributed by atoms with E-state index in [9.17, 15) is 18.0 Å². The molecule has 3 heterocycles. The van der Waals surface area contributed by atoms with Gasteiger partial charge in [0.2, 0.25) is 5.91 Å². The highest BCUT2D eigenvalue weighted by molar-refractivity contribution is 5.87. The van der Waals surface area contributed by atoms with E-state index in [-0.39, 0.29) is 11.8 Å². The SMILES string of the molecule is C=CC(=O)N1CC(c2cc3cc(C(F)(F)F)ccn3n2)C1. The molecule has 21 heavy (non-hydrogen) atoms. The summed E-state index contributed by atoms with van der Waals surface area (Å²) in [6.07, 6.45) is -1.82. The molecule has 1 saturated heterocycles. The number of aromatic nitrogens is 2. The van der Waals surface area contributed by atoms with Gasteiger partial charge in [-0.1, -0.05) is 6.58 Å². The summed E-state index contributed by atoms with van der Waals surface area (Å²) in [4.78, 5) is 13.0. The zero-order valence-electron chi connectivity index (χ0n) is 11.0. The highest BCUT2D eigenvalue weighted by atomic mass is 19.4. The molecule has 2 aromatic heterocycles. The predicted molar refractivity (Wildman–Crippen MR) is 69.7 cm³/mol. The number of pyridine rings is 1. The van der Waals surface area contributed by atoms with Crippen LogP contribution in [0.5, 0.6) is 0 Å². The third-order valence-corrected chi connectivity index (χ3v) is 3.60. The molecule has 0 atom stereocenters. The van der Waals surface area contributed by atoms with Crippen LogP contribution in [-0.4, -0.2) is 33.5 Å². The lowest BCUT2D eigenvalue weighted by molar-refractivity contribution is -0.137. The van der Waals surface area contributed by atoms with Gasteiger partial charge in [0.25, 0.3) is 0 Å². The van der Waals surface area contributed by atoms with E-state index in [1.807, 2.05) is 0 Å². The summed E-state index contributed by atoms with van der Waals surface area (Å²) in [6.45, 7) is 4.44. The summed E-state index contributed by atoms with van der Waals surface area (Å²) in [5, 5.41) is 4.26. The first-order chi connectivity index (χ1) is 9.88. The zero-order chi connectivity index (χ0) is 15.2. The summed E-state index contributed by atoms with van der Waals surface area (Å²) in [7, 11) is 0. The smallest absolute Gasteiger partial charge is 0.338 e. The van der Waals surface area contributed by atoms with Crippen molar-refractivity contribution in [3.8, 4) is 0 Å². The Kier molecular flexibility index (Phi) is 3.00. The molecule has 1 amide bonds. The Bertz CT molecular complexity index is 714.